The van der Waals surface area contributed by atoms with Crippen molar-refractivity contribution >= 4 is 40.5 Å². The quantitative estimate of drug-likeness (QED) is 0.288. The highest BCUT2D eigenvalue weighted by atomic mass is 16.2. The molecule has 2 aliphatic heterocycles. The van der Waals surface area contributed by atoms with Crippen LogP contribution in [0.4, 0.5) is 11.4 Å². The number of rotatable bonds is 4. The number of piperidine rings is 2. The minimum absolute atomic E-state index is 0.375. The normalized spacial score (nSPS) is 17.6. The number of nitrogens with zero attached hydrogens (tertiary/aromatic N) is 4. The van der Waals surface area contributed by atoms with Crippen molar-refractivity contribution < 1.29 is 5.02 Å². The highest BCUT2D eigenvalue weighted by Crippen LogP contribution is 2.28. The van der Waals surface area contributed by atoms with E-state index in [4.69, 9.17) is 5.73 Å². The first kappa shape index (κ1) is 23.7. The van der Waals surface area contributed by atoms with E-state index in [9.17, 15) is 5.02 Å². The Morgan fingerprint density at radius 2 is 1.34 bits per heavy atom. The summed E-state index contributed by atoms with van der Waals surface area (Å²) in [4.78, 5) is 19.7. The van der Waals surface area contributed by atoms with Crippen LogP contribution < -0.4 is 20.8 Å². The summed E-state index contributed by atoms with van der Waals surface area (Å²) in [6.45, 7) is 5.89. The van der Waals surface area contributed by atoms with E-state index in [1.165, 1.54) is 22.1 Å². The van der Waals surface area contributed by atoms with Gasteiger partial charge in [0.25, 0.3) is 0 Å². The van der Waals surface area contributed by atoms with Gasteiger partial charge in [-0.2, -0.15) is 0 Å². The Kier molecular flexibility index (Phi) is 7.22. The van der Waals surface area contributed by atoms with E-state index in [-0.39, 0.29) is 0 Å². The van der Waals surface area contributed by atoms with Crippen molar-refractivity contribution in [1.82, 2.24) is 25.2 Å². The van der Waals surface area contributed by atoms with Gasteiger partial charge in [-0.3, -0.25) is 0 Å². The van der Waals surface area contributed by atoms with Gasteiger partial charge in [0.1, 0.15) is 11.3 Å². The Morgan fingerprint density at radius 3 is 1.83 bits per heavy atom. The van der Waals surface area contributed by atoms with Crippen LogP contribution in [-0.4, -0.2) is 70.3 Å². The molecule has 0 spiro atoms. The topological polar surface area (TPSA) is 122 Å². The first-order valence-electron chi connectivity index (χ1n) is 12.6. The molecule has 2 fully saturated rings. The molecule has 4 aromatic heterocycles. The Morgan fingerprint density at radius 1 is 0.857 bits per heavy atom. The van der Waals surface area contributed by atoms with Crippen LogP contribution in [0.15, 0.2) is 49.1 Å². The second-order valence-corrected chi connectivity index (χ2v) is 9.57. The third-order valence-corrected chi connectivity index (χ3v) is 7.07. The van der Waals surface area contributed by atoms with E-state index in [0.717, 1.165) is 63.2 Å². The van der Waals surface area contributed by atoms with E-state index in [1.54, 1.807) is 6.82 Å². The van der Waals surface area contributed by atoms with Gasteiger partial charge < -0.3 is 35.8 Å². The van der Waals surface area contributed by atoms with Crippen molar-refractivity contribution in [2.24, 2.45) is 5.73 Å². The van der Waals surface area contributed by atoms with Crippen LogP contribution in [0, 0.1) is 0 Å². The largest absolute Gasteiger partial charge is 0.437 e. The molecule has 2 saturated heterocycles. The summed E-state index contributed by atoms with van der Waals surface area (Å²) < 4.78 is 0. The predicted molar refractivity (Wildman–Crippen MR) is 144 cm³/mol. The van der Waals surface area contributed by atoms with Gasteiger partial charge in [0.15, 0.2) is 0 Å². The van der Waals surface area contributed by atoms with Crippen molar-refractivity contribution in [3.63, 3.8) is 0 Å². The molecule has 9 nitrogen and oxygen atoms in total. The van der Waals surface area contributed by atoms with Gasteiger partial charge >= 0.3 is 7.05 Å². The SMILES string of the molecule is CB(O)NC1CCN(c2ccnc3[nH]ccc23)CC1.NC1CCN(c2ccnc3[nH]ccc23)CC1. The Hall–Kier alpha value is -3.08. The number of anilines is 2. The molecule has 6 N–H and O–H groups in total. The average Bonchev–Trinajstić information content (AvgIpc) is 3.55. The Bertz CT molecular complexity index is 1220. The molecule has 4 aromatic rings. The molecule has 10 heteroatoms. The summed E-state index contributed by atoms with van der Waals surface area (Å²) in [7, 11) is -0.422. The van der Waals surface area contributed by atoms with Crippen LogP contribution >= 0.6 is 0 Å². The van der Waals surface area contributed by atoms with Gasteiger partial charge in [-0.05, 0) is 56.8 Å². The van der Waals surface area contributed by atoms with Gasteiger partial charge in [-0.25, -0.2) is 9.97 Å². The number of aromatic amines is 2. The maximum atomic E-state index is 9.36. The predicted octanol–water partition coefficient (Wildman–Crippen LogP) is 2.72. The molecule has 0 bridgehead atoms. The molecular formula is C25H35BN8O. The number of pyridine rings is 2. The summed E-state index contributed by atoms with van der Waals surface area (Å²) in [6, 6.07) is 9.13. The third-order valence-electron chi connectivity index (χ3n) is 7.07. The van der Waals surface area contributed by atoms with Crippen molar-refractivity contribution in [3.8, 4) is 0 Å². The Balaban J connectivity index is 0.000000147. The maximum Gasteiger partial charge on any atom is 0.373 e. The van der Waals surface area contributed by atoms with Crippen LogP contribution in [0.2, 0.25) is 6.82 Å². The lowest BCUT2D eigenvalue weighted by atomic mass is 9.85. The van der Waals surface area contributed by atoms with Crippen LogP contribution in [-0.2, 0) is 0 Å². The summed E-state index contributed by atoms with van der Waals surface area (Å²) in [5.41, 5.74) is 10.4. The van der Waals surface area contributed by atoms with E-state index in [1.807, 2.05) is 24.8 Å². The lowest BCUT2D eigenvalue weighted by molar-refractivity contribution is 0.441. The summed E-state index contributed by atoms with van der Waals surface area (Å²) >= 11 is 0. The van der Waals surface area contributed by atoms with Crippen LogP contribution in [0.5, 0.6) is 0 Å². The summed E-state index contributed by atoms with van der Waals surface area (Å²) in [5, 5.41) is 15.0. The molecular weight excluding hydrogens is 439 g/mol. The minimum Gasteiger partial charge on any atom is -0.437 e. The number of fused-ring (bicyclic) bond motifs is 2. The van der Waals surface area contributed by atoms with Gasteiger partial charge in [0.2, 0.25) is 0 Å². The molecule has 35 heavy (non-hydrogen) atoms. The molecule has 0 atom stereocenters. The van der Waals surface area contributed by atoms with Crippen molar-refractivity contribution in [1.29, 1.82) is 0 Å². The fourth-order valence-corrected chi connectivity index (χ4v) is 5.21. The monoisotopic (exact) mass is 474 g/mol. The number of nitrogens with one attached hydrogen (secondary N) is 3. The Labute approximate surface area is 206 Å². The first-order chi connectivity index (χ1) is 17.1. The zero-order valence-electron chi connectivity index (χ0n) is 20.3. The van der Waals surface area contributed by atoms with E-state index < -0.39 is 7.05 Å². The number of nitrogens with two attached hydrogens (primary N) is 1. The third kappa shape index (κ3) is 5.45. The molecule has 0 aliphatic carbocycles. The first-order valence-corrected chi connectivity index (χ1v) is 12.6. The fourth-order valence-electron chi connectivity index (χ4n) is 5.21. The number of aromatic nitrogens is 4. The number of hydrogen-bond donors (Lipinski definition) is 5. The second kappa shape index (κ2) is 10.7. The molecule has 184 valence electrons. The smallest absolute Gasteiger partial charge is 0.373 e. The van der Waals surface area contributed by atoms with Gasteiger partial charge in [0.05, 0.1) is 0 Å². The minimum atomic E-state index is -0.422. The molecule has 6 rings (SSSR count). The van der Waals surface area contributed by atoms with Gasteiger partial charge in [-0.1, -0.05) is 0 Å². The summed E-state index contributed by atoms with van der Waals surface area (Å²) in [5.74, 6) is 0. The fraction of sp³-hybridized carbons (Fsp3) is 0.440. The van der Waals surface area contributed by atoms with Gasteiger partial charge in [0, 0.05) is 85.2 Å². The van der Waals surface area contributed by atoms with Gasteiger partial charge in [-0.15, -0.1) is 0 Å². The van der Waals surface area contributed by atoms with Crippen molar-refractivity contribution in [2.75, 3.05) is 36.0 Å². The van der Waals surface area contributed by atoms with Crippen molar-refractivity contribution in [2.45, 2.75) is 44.6 Å². The van der Waals surface area contributed by atoms with Crippen LogP contribution in [0.1, 0.15) is 25.7 Å². The standard InChI is InChI=1S/C13H19BN4O.C12H16N4/c1-14(19)17-10-4-8-18(9-5-10)12-3-7-16-13-11(12)2-6-15-13;13-9-3-7-16(8-4-9)11-2-6-15-12-10(11)1-5-14-12/h2-3,6-7,10,17,19H,4-5,8-9H2,1H3,(H,15,16);1-2,5-6,9H,3-4,7-8,13H2,(H,14,15). The number of hydrogen-bond acceptors (Lipinski definition) is 7. The lowest BCUT2D eigenvalue weighted by Crippen LogP contribution is -2.47. The van der Waals surface area contributed by atoms with E-state index >= 15 is 0 Å². The molecule has 6 heterocycles. The molecule has 2 aliphatic rings. The van der Waals surface area contributed by atoms with Crippen molar-refractivity contribution in [3.05, 3.63) is 49.1 Å². The van der Waals surface area contributed by atoms with E-state index in [2.05, 4.69) is 59.2 Å². The molecule has 0 unspecified atom stereocenters. The zero-order valence-corrected chi connectivity index (χ0v) is 20.3. The highest BCUT2D eigenvalue weighted by molar-refractivity contribution is 6.45. The molecule has 0 radical (unpaired) electrons. The van der Waals surface area contributed by atoms with E-state index in [0.29, 0.717) is 12.1 Å². The van der Waals surface area contributed by atoms with Crippen LogP contribution in [0.3, 0.4) is 0 Å². The molecule has 0 amide bonds. The highest BCUT2D eigenvalue weighted by Gasteiger charge is 2.22. The zero-order chi connectivity index (χ0) is 24.2. The average molecular weight is 474 g/mol. The molecule has 0 saturated carbocycles. The lowest BCUT2D eigenvalue weighted by Gasteiger charge is -2.34. The summed E-state index contributed by atoms with van der Waals surface area (Å²) in [6.07, 6.45) is 11.9. The molecule has 0 aromatic carbocycles. The van der Waals surface area contributed by atoms with Crippen LogP contribution in [0.25, 0.3) is 22.1 Å². The maximum absolute atomic E-state index is 9.36. The second-order valence-electron chi connectivity index (χ2n) is 9.57. The number of H-pyrrole nitrogens is 2.